The molecule has 314 valence electrons. The second-order valence-electron chi connectivity index (χ2n) is 16.8. The van der Waals surface area contributed by atoms with E-state index in [1.54, 1.807) is 17.3 Å². The molecule has 61 heavy (non-hydrogen) atoms. The van der Waals surface area contributed by atoms with Crippen LogP contribution in [-0.4, -0.2) is 110 Å². The second kappa shape index (κ2) is 15.6. The number of nitrogens with zero attached hydrogens (tertiary/aromatic N) is 7. The number of fused-ring (bicyclic) bond motifs is 3. The van der Waals surface area contributed by atoms with E-state index >= 15 is 0 Å². The normalized spacial score (nSPS) is 20.2. The molecule has 8 heterocycles. The van der Waals surface area contributed by atoms with Crippen LogP contribution in [0, 0.1) is 5.82 Å². The van der Waals surface area contributed by atoms with Crippen LogP contribution in [-0.2, 0) is 22.7 Å². The Hall–Kier alpha value is -6.39. The minimum absolute atomic E-state index is 0.156. The lowest BCUT2D eigenvalue weighted by molar-refractivity contribution is -0.136. The number of amides is 4. The number of anilines is 4. The topological polar surface area (TPSA) is 168 Å². The average molecular weight is 827 g/mol. The van der Waals surface area contributed by atoms with Gasteiger partial charge in [-0.25, -0.2) is 14.4 Å². The number of hydrogen-bond acceptors (Lipinski definition) is 11. The molecule has 2 aromatic carbocycles. The molecule has 0 aliphatic carbocycles. The zero-order chi connectivity index (χ0) is 41.8. The van der Waals surface area contributed by atoms with Gasteiger partial charge < -0.3 is 30.4 Å². The number of pyridine rings is 2. The lowest BCUT2D eigenvalue weighted by Gasteiger charge is -2.40. The van der Waals surface area contributed by atoms with E-state index in [0.717, 1.165) is 92.4 Å². The van der Waals surface area contributed by atoms with Crippen LogP contribution < -0.4 is 25.8 Å². The lowest BCUT2D eigenvalue weighted by atomic mass is 9.86. The fourth-order valence-electron chi connectivity index (χ4n) is 9.68. The van der Waals surface area contributed by atoms with E-state index < -0.39 is 17.6 Å². The van der Waals surface area contributed by atoms with E-state index in [1.807, 2.05) is 47.0 Å². The van der Waals surface area contributed by atoms with Gasteiger partial charge in [0.1, 0.15) is 23.3 Å². The molecular formula is C45H47FN10O5. The largest absolute Gasteiger partial charge is 0.390 e. The first kappa shape index (κ1) is 38.8. The van der Waals surface area contributed by atoms with Crippen molar-refractivity contribution in [1.82, 2.24) is 34.8 Å². The van der Waals surface area contributed by atoms with Gasteiger partial charge in [-0.3, -0.25) is 33.8 Å². The third kappa shape index (κ3) is 7.43. The standard InChI is InChI=1S/C45H47FN10O5/c46-29-10-15-55-37(26-48-39(55)23-29)33-5-6-35(41-34(33)25-49-43(41)59)50-38-8-3-31(24-47-38)53-16-12-45(61,13-17-53)11-1-14-52-18-20-54(21-19-52)30-2-4-32-28(22-30)27-56(44(32)60)36-7-9-40(57)51-42(36)58/h2-6,8,10,15,22-24,26,36,61H,1,7,9,11-14,16-21,25,27H2,(H,47,50)(H,49,59)(H,51,57,58). The molecule has 4 N–H and O–H groups in total. The molecule has 0 bridgehead atoms. The van der Waals surface area contributed by atoms with Crippen LogP contribution in [0.2, 0.25) is 0 Å². The van der Waals surface area contributed by atoms with Gasteiger partial charge in [0.15, 0.2) is 0 Å². The Bertz CT molecular complexity index is 2560. The van der Waals surface area contributed by atoms with Crippen molar-refractivity contribution in [3.05, 3.63) is 101 Å². The van der Waals surface area contributed by atoms with Crippen LogP contribution in [0.5, 0.6) is 0 Å². The molecule has 5 aromatic rings. The zero-order valence-electron chi connectivity index (χ0n) is 33.7. The number of carbonyl (C=O) groups is 4. The van der Waals surface area contributed by atoms with Gasteiger partial charge in [0.2, 0.25) is 11.8 Å². The Labute approximate surface area is 351 Å². The van der Waals surface area contributed by atoms with Crippen LogP contribution in [0.3, 0.4) is 0 Å². The van der Waals surface area contributed by atoms with Crippen molar-refractivity contribution in [3.63, 3.8) is 0 Å². The number of piperazine rings is 1. The number of halogens is 1. The number of hydrogen-bond donors (Lipinski definition) is 4. The number of benzene rings is 2. The first-order valence-electron chi connectivity index (χ1n) is 21.1. The molecule has 1 atom stereocenters. The lowest BCUT2D eigenvalue weighted by Crippen LogP contribution is -2.52. The molecule has 0 spiro atoms. The number of rotatable bonds is 10. The quantitative estimate of drug-likeness (QED) is 0.149. The monoisotopic (exact) mass is 826 g/mol. The predicted molar refractivity (Wildman–Crippen MR) is 226 cm³/mol. The summed E-state index contributed by atoms with van der Waals surface area (Å²) in [4.78, 5) is 67.9. The maximum atomic E-state index is 13.8. The van der Waals surface area contributed by atoms with E-state index in [2.05, 4.69) is 46.7 Å². The molecular weight excluding hydrogens is 780 g/mol. The van der Waals surface area contributed by atoms with E-state index in [4.69, 9.17) is 0 Å². The van der Waals surface area contributed by atoms with Gasteiger partial charge in [-0.05, 0) is 92.2 Å². The van der Waals surface area contributed by atoms with Crippen LogP contribution in [0.4, 0.5) is 27.3 Å². The van der Waals surface area contributed by atoms with Gasteiger partial charge in [-0.15, -0.1) is 0 Å². The van der Waals surface area contributed by atoms with Crippen LogP contribution in [0.1, 0.15) is 70.4 Å². The highest BCUT2D eigenvalue weighted by Crippen LogP contribution is 2.37. The third-order valence-electron chi connectivity index (χ3n) is 13.1. The molecule has 3 saturated heterocycles. The Balaban J connectivity index is 0.688. The van der Waals surface area contributed by atoms with Crippen molar-refractivity contribution < 1.29 is 28.7 Å². The van der Waals surface area contributed by atoms with Crippen LogP contribution >= 0.6 is 0 Å². The Morgan fingerprint density at radius 1 is 0.869 bits per heavy atom. The van der Waals surface area contributed by atoms with E-state index in [9.17, 15) is 28.7 Å². The van der Waals surface area contributed by atoms with Gasteiger partial charge in [0.25, 0.3) is 11.8 Å². The molecule has 0 radical (unpaired) electrons. The molecule has 5 aliphatic heterocycles. The molecule has 5 aliphatic rings. The Kier molecular flexibility index (Phi) is 9.90. The van der Waals surface area contributed by atoms with Crippen molar-refractivity contribution in [2.75, 3.05) is 60.9 Å². The van der Waals surface area contributed by atoms with Gasteiger partial charge >= 0.3 is 0 Å². The number of nitrogens with one attached hydrogen (secondary N) is 3. The SMILES string of the molecule is O=C1CCC(N2Cc3cc(N4CCN(CCCC5(O)CCN(c6ccc(Nc7ccc(-c8cnc9cc(F)ccn89)c8c7C(=O)NC8)nc6)CC5)CC4)ccc3C2=O)C(=O)N1. The Morgan fingerprint density at radius 2 is 1.66 bits per heavy atom. The van der Waals surface area contributed by atoms with Crippen LogP contribution in [0.25, 0.3) is 16.9 Å². The summed E-state index contributed by atoms with van der Waals surface area (Å²) >= 11 is 0. The number of imide groups is 1. The number of aliphatic hydroxyl groups is 1. The number of imidazole rings is 1. The first-order chi connectivity index (χ1) is 29.6. The summed E-state index contributed by atoms with van der Waals surface area (Å²) in [6.45, 7) is 6.68. The molecule has 0 saturated carbocycles. The third-order valence-corrected chi connectivity index (χ3v) is 13.1. The van der Waals surface area contributed by atoms with Crippen molar-refractivity contribution >= 4 is 52.2 Å². The van der Waals surface area contributed by atoms with Gasteiger partial charge in [-0.2, -0.15) is 0 Å². The van der Waals surface area contributed by atoms with Crippen molar-refractivity contribution in [1.29, 1.82) is 0 Å². The number of carbonyl (C=O) groups excluding carboxylic acids is 4. The highest BCUT2D eigenvalue weighted by molar-refractivity contribution is 6.06. The fourth-order valence-corrected chi connectivity index (χ4v) is 9.68. The van der Waals surface area contributed by atoms with Crippen molar-refractivity contribution in [2.24, 2.45) is 0 Å². The minimum Gasteiger partial charge on any atom is -0.390 e. The highest BCUT2D eigenvalue weighted by Gasteiger charge is 2.39. The molecule has 4 amide bonds. The van der Waals surface area contributed by atoms with E-state index in [1.165, 1.54) is 12.1 Å². The molecule has 3 fully saturated rings. The van der Waals surface area contributed by atoms with Gasteiger partial charge in [-0.1, -0.05) is 6.07 Å². The fraction of sp³-hybridized carbons (Fsp3) is 0.378. The van der Waals surface area contributed by atoms with E-state index in [0.29, 0.717) is 60.6 Å². The summed E-state index contributed by atoms with van der Waals surface area (Å²) in [5.74, 6) is -0.765. The van der Waals surface area contributed by atoms with E-state index in [-0.39, 0.29) is 30.0 Å². The predicted octanol–water partition coefficient (Wildman–Crippen LogP) is 4.22. The summed E-state index contributed by atoms with van der Waals surface area (Å²) in [5, 5.41) is 20.2. The summed E-state index contributed by atoms with van der Waals surface area (Å²) in [6, 6.07) is 15.8. The smallest absolute Gasteiger partial charge is 0.255 e. The highest BCUT2D eigenvalue weighted by atomic mass is 19.1. The minimum atomic E-state index is -0.705. The summed E-state index contributed by atoms with van der Waals surface area (Å²) in [7, 11) is 0. The number of piperidine rings is 2. The molecule has 15 nitrogen and oxygen atoms in total. The van der Waals surface area contributed by atoms with Crippen molar-refractivity contribution in [2.45, 2.75) is 63.3 Å². The summed E-state index contributed by atoms with van der Waals surface area (Å²) < 4.78 is 15.6. The van der Waals surface area contributed by atoms with Crippen molar-refractivity contribution in [3.8, 4) is 11.3 Å². The number of aromatic nitrogens is 3. The summed E-state index contributed by atoms with van der Waals surface area (Å²) in [6.07, 6.45) is 8.77. The molecule has 16 heteroatoms. The van der Waals surface area contributed by atoms with Crippen LogP contribution in [0.15, 0.2) is 73.2 Å². The first-order valence-corrected chi connectivity index (χ1v) is 21.1. The van der Waals surface area contributed by atoms with Gasteiger partial charge in [0, 0.05) is 87.9 Å². The maximum Gasteiger partial charge on any atom is 0.255 e. The molecule has 1 unspecified atom stereocenters. The zero-order valence-corrected chi connectivity index (χ0v) is 33.7. The molecule has 10 rings (SSSR count). The van der Waals surface area contributed by atoms with Gasteiger partial charge in [0.05, 0.1) is 40.6 Å². The average Bonchev–Trinajstić information content (AvgIpc) is 3.96. The maximum absolute atomic E-state index is 13.8. The Morgan fingerprint density at radius 3 is 2.44 bits per heavy atom. The summed E-state index contributed by atoms with van der Waals surface area (Å²) in [5.41, 5.74) is 7.05. The second-order valence-corrected chi connectivity index (χ2v) is 16.8. The molecule has 3 aromatic heterocycles.